The predicted molar refractivity (Wildman–Crippen MR) is 182 cm³/mol. The minimum atomic E-state index is -0.860. The van der Waals surface area contributed by atoms with Crippen LogP contribution >= 0.6 is 11.6 Å². The highest BCUT2D eigenvalue weighted by Gasteiger charge is 2.20. The second-order valence-corrected chi connectivity index (χ2v) is 11.5. The maximum absolute atomic E-state index is 14.5. The molecule has 0 aliphatic heterocycles. The van der Waals surface area contributed by atoms with Gasteiger partial charge in [0.15, 0.2) is 0 Å². The van der Waals surface area contributed by atoms with Gasteiger partial charge in [-0.15, -0.1) is 0 Å². The maximum atomic E-state index is 14.5. The summed E-state index contributed by atoms with van der Waals surface area (Å²) in [7, 11) is 3.18. The van der Waals surface area contributed by atoms with Crippen LogP contribution in [-0.4, -0.2) is 72.0 Å². The first-order valence-electron chi connectivity index (χ1n) is 15.1. The Bertz CT molecular complexity index is 1710. The number of likely N-dealkylation sites (N-methyl/N-ethyl adjacent to an activating group) is 2. The van der Waals surface area contributed by atoms with E-state index in [1.165, 1.54) is 25.2 Å². The van der Waals surface area contributed by atoms with Gasteiger partial charge in [0, 0.05) is 55.1 Å². The van der Waals surface area contributed by atoms with E-state index in [2.05, 4.69) is 29.0 Å². The van der Waals surface area contributed by atoms with E-state index in [4.69, 9.17) is 21.3 Å². The molecule has 0 fully saturated rings. The van der Waals surface area contributed by atoms with Crippen molar-refractivity contribution in [3.05, 3.63) is 93.8 Å². The van der Waals surface area contributed by atoms with Crippen LogP contribution in [0.2, 0.25) is 5.02 Å². The van der Waals surface area contributed by atoms with Gasteiger partial charge in [0.1, 0.15) is 5.82 Å². The van der Waals surface area contributed by atoms with Crippen molar-refractivity contribution in [1.82, 2.24) is 19.8 Å². The minimum absolute atomic E-state index is 0.0361. The zero-order valence-electron chi connectivity index (χ0n) is 27.3. The van der Waals surface area contributed by atoms with E-state index in [1.54, 1.807) is 42.3 Å². The number of halogens is 2. The third kappa shape index (κ3) is 8.18. The van der Waals surface area contributed by atoms with Crippen LogP contribution in [0.5, 0.6) is 5.88 Å². The summed E-state index contributed by atoms with van der Waals surface area (Å²) in [4.78, 5) is 40.3. The Labute approximate surface area is 275 Å². The van der Waals surface area contributed by atoms with Crippen molar-refractivity contribution in [2.75, 3.05) is 50.5 Å². The highest BCUT2D eigenvalue weighted by molar-refractivity contribution is 6.30. The van der Waals surface area contributed by atoms with Gasteiger partial charge >= 0.3 is 6.09 Å². The van der Waals surface area contributed by atoms with Crippen molar-refractivity contribution in [2.24, 2.45) is 0 Å². The molecular formula is C35H40ClFN6O3. The number of amides is 2. The summed E-state index contributed by atoms with van der Waals surface area (Å²) in [6, 6.07) is 16.5. The van der Waals surface area contributed by atoms with Gasteiger partial charge in [-0.05, 0) is 93.0 Å². The molecule has 0 saturated heterocycles. The van der Waals surface area contributed by atoms with E-state index in [0.717, 1.165) is 46.8 Å². The van der Waals surface area contributed by atoms with Crippen molar-refractivity contribution in [3.63, 3.8) is 0 Å². The molecule has 9 nitrogen and oxygen atoms in total. The molecule has 0 bridgehead atoms. The number of carbonyl (C=O) groups excluding carboxylic acids is 2. The van der Waals surface area contributed by atoms with E-state index >= 15 is 0 Å². The molecule has 1 heterocycles. The number of aryl methyl sites for hydroxylation is 1. The van der Waals surface area contributed by atoms with Crippen LogP contribution in [0.3, 0.4) is 0 Å². The number of carbonyl (C=O) groups is 2. The Morgan fingerprint density at radius 2 is 1.59 bits per heavy atom. The van der Waals surface area contributed by atoms with Crippen LogP contribution < -0.4 is 15.0 Å². The average molecular weight is 647 g/mol. The van der Waals surface area contributed by atoms with Gasteiger partial charge in [0.2, 0.25) is 11.8 Å². The van der Waals surface area contributed by atoms with Crippen molar-refractivity contribution >= 4 is 40.9 Å². The molecule has 0 spiro atoms. The molecule has 1 aromatic heterocycles. The van der Waals surface area contributed by atoms with Crippen LogP contribution in [-0.2, 0) is 0 Å². The third-order valence-corrected chi connectivity index (χ3v) is 8.39. The molecule has 0 atom stereocenters. The van der Waals surface area contributed by atoms with E-state index in [1.807, 2.05) is 32.9 Å². The first-order valence-corrected chi connectivity index (χ1v) is 15.5. The lowest BCUT2D eigenvalue weighted by molar-refractivity contribution is 0.0779. The third-order valence-electron chi connectivity index (χ3n) is 8.15. The summed E-state index contributed by atoms with van der Waals surface area (Å²) in [5.41, 5.74) is 5.79. The molecule has 0 aliphatic rings. The molecule has 4 rings (SSSR count). The molecule has 0 saturated carbocycles. The number of ether oxygens (including phenoxy) is 1. The lowest BCUT2D eigenvalue weighted by atomic mass is 9.97. The lowest BCUT2D eigenvalue weighted by Crippen LogP contribution is -2.36. The number of benzene rings is 3. The Morgan fingerprint density at radius 1 is 0.891 bits per heavy atom. The number of anilines is 3. The van der Waals surface area contributed by atoms with Gasteiger partial charge in [-0.1, -0.05) is 37.6 Å². The average Bonchev–Trinajstić information content (AvgIpc) is 3.04. The molecule has 2 amide bonds. The smallest absolute Gasteiger partial charge is 0.391 e. The largest absolute Gasteiger partial charge is 0.420 e. The molecule has 4 aromatic rings. The van der Waals surface area contributed by atoms with Crippen LogP contribution in [0.25, 0.3) is 11.3 Å². The van der Waals surface area contributed by atoms with Gasteiger partial charge in [-0.3, -0.25) is 9.69 Å². The molecule has 46 heavy (non-hydrogen) atoms. The molecular weight excluding hydrogens is 607 g/mol. The molecule has 0 radical (unpaired) electrons. The van der Waals surface area contributed by atoms with E-state index in [0.29, 0.717) is 23.5 Å². The Morgan fingerprint density at radius 3 is 2.26 bits per heavy atom. The van der Waals surface area contributed by atoms with E-state index in [-0.39, 0.29) is 28.4 Å². The fraction of sp³-hybridized carbons (Fsp3) is 0.314. The van der Waals surface area contributed by atoms with Crippen LogP contribution in [0.1, 0.15) is 40.9 Å². The molecule has 11 heteroatoms. The standard InChI is InChI=1S/C35H40ClFN6O3/c1-8-43(9-2)19-18-41(6)33(44)25-11-14-27(15-12-25)38-34-39-30(28-16-10-22(3)23(4)24(28)5)21-32(40-34)46-35(45)42(7)31-20-26(36)13-17-29(31)37/h10-17,20-21H,8-9,18-19H2,1-7H3,(H,38,39,40). The van der Waals surface area contributed by atoms with Crippen LogP contribution in [0.15, 0.2) is 60.7 Å². The summed E-state index contributed by atoms with van der Waals surface area (Å²) in [6.45, 7) is 13.6. The zero-order chi connectivity index (χ0) is 33.5. The summed E-state index contributed by atoms with van der Waals surface area (Å²) >= 11 is 6.03. The van der Waals surface area contributed by atoms with Crippen molar-refractivity contribution < 1.29 is 18.7 Å². The topological polar surface area (TPSA) is 90.9 Å². The zero-order valence-corrected chi connectivity index (χ0v) is 28.1. The number of aromatic nitrogens is 2. The van der Waals surface area contributed by atoms with Gasteiger partial charge in [-0.25, -0.2) is 14.2 Å². The first kappa shape index (κ1) is 34.3. The fourth-order valence-corrected chi connectivity index (χ4v) is 5.05. The summed E-state index contributed by atoms with van der Waals surface area (Å²) in [6.07, 6.45) is -0.860. The predicted octanol–water partition coefficient (Wildman–Crippen LogP) is 7.65. The Balaban J connectivity index is 1.61. The summed E-state index contributed by atoms with van der Waals surface area (Å²) in [5.74, 6) is -0.565. The van der Waals surface area contributed by atoms with Crippen molar-refractivity contribution in [3.8, 4) is 17.1 Å². The van der Waals surface area contributed by atoms with Crippen molar-refractivity contribution in [1.29, 1.82) is 0 Å². The van der Waals surface area contributed by atoms with Gasteiger partial charge in [0.05, 0.1) is 11.4 Å². The molecule has 1 N–H and O–H groups in total. The number of rotatable bonds is 11. The maximum Gasteiger partial charge on any atom is 0.420 e. The van der Waals surface area contributed by atoms with Crippen LogP contribution in [0.4, 0.5) is 26.5 Å². The first-order chi connectivity index (χ1) is 21.9. The number of hydrogen-bond acceptors (Lipinski definition) is 7. The number of nitrogens with zero attached hydrogens (tertiary/aromatic N) is 5. The second kappa shape index (κ2) is 15.2. The Hall–Kier alpha value is -4.54. The summed E-state index contributed by atoms with van der Waals surface area (Å²) < 4.78 is 20.1. The highest BCUT2D eigenvalue weighted by Crippen LogP contribution is 2.30. The van der Waals surface area contributed by atoms with Gasteiger partial charge in [0.25, 0.3) is 5.91 Å². The normalized spacial score (nSPS) is 11.0. The van der Waals surface area contributed by atoms with Crippen LogP contribution in [0, 0.1) is 26.6 Å². The minimum Gasteiger partial charge on any atom is -0.391 e. The highest BCUT2D eigenvalue weighted by atomic mass is 35.5. The second-order valence-electron chi connectivity index (χ2n) is 11.1. The summed E-state index contributed by atoms with van der Waals surface area (Å²) in [5, 5.41) is 3.44. The molecule has 242 valence electrons. The van der Waals surface area contributed by atoms with E-state index in [9.17, 15) is 14.0 Å². The number of hydrogen-bond donors (Lipinski definition) is 1. The SMILES string of the molecule is CCN(CC)CCN(C)C(=O)c1ccc(Nc2nc(OC(=O)N(C)c3cc(Cl)ccc3F)cc(-c3ccc(C)c(C)c3C)n2)cc1. The molecule has 0 aliphatic carbocycles. The van der Waals surface area contributed by atoms with Gasteiger partial charge < -0.3 is 19.9 Å². The lowest BCUT2D eigenvalue weighted by Gasteiger charge is -2.23. The van der Waals surface area contributed by atoms with E-state index < -0.39 is 11.9 Å². The van der Waals surface area contributed by atoms with Gasteiger partial charge in [-0.2, -0.15) is 4.98 Å². The fourth-order valence-electron chi connectivity index (χ4n) is 4.88. The number of nitrogens with one attached hydrogen (secondary N) is 1. The monoisotopic (exact) mass is 646 g/mol. The quantitative estimate of drug-likeness (QED) is 0.179. The molecule has 0 unspecified atom stereocenters. The Kier molecular flexibility index (Phi) is 11.3. The van der Waals surface area contributed by atoms with Crippen molar-refractivity contribution in [2.45, 2.75) is 34.6 Å². The molecule has 3 aromatic carbocycles.